The van der Waals surface area contributed by atoms with Crippen molar-refractivity contribution in [2.24, 2.45) is 0 Å². The lowest BCUT2D eigenvalue weighted by Crippen LogP contribution is -2.08. The van der Waals surface area contributed by atoms with Gasteiger partial charge in [0.2, 0.25) is 0 Å². The number of carbonyl (C=O) groups is 1. The van der Waals surface area contributed by atoms with Gasteiger partial charge in [0.1, 0.15) is 5.75 Å². The minimum atomic E-state index is -0.118. The first-order valence-corrected chi connectivity index (χ1v) is 13.7. The van der Waals surface area contributed by atoms with E-state index in [0.717, 1.165) is 43.2 Å². The molecule has 5 heteroatoms. The van der Waals surface area contributed by atoms with E-state index in [9.17, 15) is 9.90 Å². The SMILES string of the molecule is C=CCc1ccc(O)c(OC)c1.CCCCCC(=O)Oc1cc(C(C)C)ccc1C.OCCc1ccccc1. The first-order valence-electron chi connectivity index (χ1n) is 13.7. The van der Waals surface area contributed by atoms with E-state index in [1.807, 2.05) is 61.5 Å². The van der Waals surface area contributed by atoms with E-state index in [1.165, 1.54) is 18.2 Å². The Morgan fingerprint density at radius 1 is 0.974 bits per heavy atom. The zero-order chi connectivity index (χ0) is 29.0. The van der Waals surface area contributed by atoms with Crippen LogP contribution in [0.25, 0.3) is 0 Å². The number of ether oxygens (including phenoxy) is 2. The Hall–Kier alpha value is -3.57. The third-order valence-corrected chi connectivity index (χ3v) is 5.95. The normalized spacial score (nSPS) is 10.0. The van der Waals surface area contributed by atoms with Gasteiger partial charge in [-0.3, -0.25) is 4.79 Å². The number of carbonyl (C=O) groups excluding carboxylic acids is 1. The molecule has 39 heavy (non-hydrogen) atoms. The smallest absolute Gasteiger partial charge is 0.311 e. The summed E-state index contributed by atoms with van der Waals surface area (Å²) < 4.78 is 10.4. The van der Waals surface area contributed by atoms with Crippen LogP contribution in [0.4, 0.5) is 0 Å². The van der Waals surface area contributed by atoms with Gasteiger partial charge >= 0.3 is 5.97 Å². The first kappa shape index (κ1) is 33.5. The zero-order valence-corrected chi connectivity index (χ0v) is 24.3. The molecule has 0 unspecified atom stereocenters. The molecule has 0 spiro atoms. The molecule has 0 aromatic heterocycles. The van der Waals surface area contributed by atoms with Gasteiger partial charge in [0.25, 0.3) is 0 Å². The minimum Gasteiger partial charge on any atom is -0.504 e. The number of phenolic OH excluding ortho intramolecular Hbond substituents is 1. The summed E-state index contributed by atoms with van der Waals surface area (Å²) >= 11 is 0. The lowest BCUT2D eigenvalue weighted by molar-refractivity contribution is -0.134. The molecule has 5 nitrogen and oxygen atoms in total. The third kappa shape index (κ3) is 13.7. The van der Waals surface area contributed by atoms with E-state index in [0.29, 0.717) is 23.8 Å². The molecule has 0 bridgehead atoms. The van der Waals surface area contributed by atoms with Crippen LogP contribution in [0.15, 0.2) is 79.4 Å². The molecule has 0 saturated carbocycles. The second kappa shape index (κ2) is 19.5. The number of aliphatic hydroxyl groups is 1. The summed E-state index contributed by atoms with van der Waals surface area (Å²) in [6.07, 6.45) is 7.00. The van der Waals surface area contributed by atoms with E-state index in [-0.39, 0.29) is 18.3 Å². The molecule has 212 valence electrons. The highest BCUT2D eigenvalue weighted by Gasteiger charge is 2.09. The summed E-state index contributed by atoms with van der Waals surface area (Å²) in [5.41, 5.74) is 4.50. The highest BCUT2D eigenvalue weighted by atomic mass is 16.5. The maximum Gasteiger partial charge on any atom is 0.311 e. The molecular formula is C34H46O5. The number of rotatable bonds is 11. The molecule has 0 atom stereocenters. The van der Waals surface area contributed by atoms with Gasteiger partial charge in [-0.1, -0.05) is 88.2 Å². The standard InChI is InChI=1S/C16H24O2.C10H12O2.C8H10O/c1-5-6-7-8-16(17)18-15-11-14(12(2)3)10-9-13(15)4;1-3-4-8-5-6-9(11)10(7-8)12-2;9-7-6-8-4-2-1-3-5-8/h9-12H,5-8H2,1-4H3;3,5-7,11H,1,4H2,2H3;1-5,9H,6-7H2. The van der Waals surface area contributed by atoms with E-state index < -0.39 is 0 Å². The van der Waals surface area contributed by atoms with Crippen molar-refractivity contribution in [3.05, 3.63) is 102 Å². The highest BCUT2D eigenvalue weighted by molar-refractivity contribution is 5.72. The maximum atomic E-state index is 11.7. The summed E-state index contributed by atoms with van der Waals surface area (Å²) in [4.78, 5) is 11.7. The van der Waals surface area contributed by atoms with E-state index in [4.69, 9.17) is 14.6 Å². The fourth-order valence-electron chi connectivity index (χ4n) is 3.57. The summed E-state index contributed by atoms with van der Waals surface area (Å²) in [6, 6.07) is 21.3. The minimum absolute atomic E-state index is 0.118. The molecule has 0 aliphatic carbocycles. The number of esters is 1. The van der Waals surface area contributed by atoms with Crippen LogP contribution in [0.2, 0.25) is 0 Å². The average Bonchev–Trinajstić information content (AvgIpc) is 2.93. The Morgan fingerprint density at radius 3 is 2.28 bits per heavy atom. The first-order chi connectivity index (χ1) is 18.7. The van der Waals surface area contributed by atoms with Crippen LogP contribution in [0.3, 0.4) is 0 Å². The Bertz CT molecular complexity index is 1110. The number of aliphatic hydroxyl groups excluding tert-OH is 1. The molecule has 0 heterocycles. The van der Waals surface area contributed by atoms with Gasteiger partial charge in [-0.2, -0.15) is 0 Å². The number of hydrogen-bond donors (Lipinski definition) is 2. The number of allylic oxidation sites excluding steroid dienone is 1. The second-order valence-corrected chi connectivity index (χ2v) is 9.57. The van der Waals surface area contributed by atoms with Gasteiger partial charge in [0.15, 0.2) is 11.5 Å². The topological polar surface area (TPSA) is 76.0 Å². The monoisotopic (exact) mass is 534 g/mol. The number of aromatic hydroxyl groups is 1. The highest BCUT2D eigenvalue weighted by Crippen LogP contribution is 2.26. The number of benzene rings is 3. The molecular weight excluding hydrogens is 488 g/mol. The fourth-order valence-corrected chi connectivity index (χ4v) is 3.57. The van der Waals surface area contributed by atoms with Gasteiger partial charge in [0.05, 0.1) is 7.11 Å². The molecule has 0 fully saturated rings. The van der Waals surface area contributed by atoms with E-state index in [1.54, 1.807) is 12.1 Å². The molecule has 0 saturated heterocycles. The lowest BCUT2D eigenvalue weighted by atomic mass is 10.0. The predicted octanol–water partition coefficient (Wildman–Crippen LogP) is 7.95. The van der Waals surface area contributed by atoms with Crippen molar-refractivity contribution >= 4 is 5.97 Å². The Kier molecular flexibility index (Phi) is 16.7. The third-order valence-electron chi connectivity index (χ3n) is 5.95. The van der Waals surface area contributed by atoms with Crippen molar-refractivity contribution in [3.8, 4) is 17.2 Å². The molecule has 0 amide bonds. The Morgan fingerprint density at radius 2 is 1.69 bits per heavy atom. The van der Waals surface area contributed by atoms with Gasteiger partial charge in [-0.15, -0.1) is 6.58 Å². The summed E-state index contributed by atoms with van der Waals surface area (Å²) in [7, 11) is 1.53. The number of aryl methyl sites for hydroxylation is 1. The number of hydrogen-bond acceptors (Lipinski definition) is 5. The van der Waals surface area contributed by atoms with Gasteiger partial charge < -0.3 is 19.7 Å². The quantitative estimate of drug-likeness (QED) is 0.113. The molecule has 0 aliphatic heterocycles. The van der Waals surface area contributed by atoms with E-state index >= 15 is 0 Å². The Balaban J connectivity index is 0.000000312. The Labute approximate surface area is 235 Å². The van der Waals surface area contributed by atoms with Crippen LogP contribution >= 0.6 is 0 Å². The maximum absolute atomic E-state index is 11.7. The van der Waals surface area contributed by atoms with Crippen molar-refractivity contribution in [2.45, 2.75) is 72.1 Å². The lowest BCUT2D eigenvalue weighted by Gasteiger charge is -2.11. The number of methoxy groups -OCH3 is 1. The van der Waals surface area contributed by atoms with E-state index in [2.05, 4.69) is 33.4 Å². The van der Waals surface area contributed by atoms with Crippen LogP contribution in [0, 0.1) is 6.92 Å². The second-order valence-electron chi connectivity index (χ2n) is 9.57. The van der Waals surface area contributed by atoms with Gasteiger partial charge in [-0.25, -0.2) is 0 Å². The van der Waals surface area contributed by atoms with Gasteiger partial charge in [-0.05, 0) is 72.6 Å². The van der Waals surface area contributed by atoms with Crippen molar-refractivity contribution in [2.75, 3.05) is 13.7 Å². The molecule has 3 aromatic rings. The number of unbranched alkanes of at least 4 members (excludes halogenated alkanes) is 2. The van der Waals surface area contributed by atoms with Crippen molar-refractivity contribution < 1.29 is 24.5 Å². The zero-order valence-electron chi connectivity index (χ0n) is 24.3. The molecule has 0 radical (unpaired) electrons. The van der Waals surface area contributed by atoms with Crippen LogP contribution in [0.1, 0.15) is 74.6 Å². The van der Waals surface area contributed by atoms with Crippen LogP contribution in [-0.2, 0) is 17.6 Å². The molecule has 2 N–H and O–H groups in total. The summed E-state index contributed by atoms with van der Waals surface area (Å²) in [6.45, 7) is 12.2. The fraction of sp³-hybridized carbons (Fsp3) is 0.382. The molecule has 0 aliphatic rings. The van der Waals surface area contributed by atoms with Crippen molar-refractivity contribution in [1.82, 2.24) is 0 Å². The molecule has 3 aromatic carbocycles. The van der Waals surface area contributed by atoms with Crippen LogP contribution < -0.4 is 9.47 Å². The largest absolute Gasteiger partial charge is 0.504 e. The van der Waals surface area contributed by atoms with Crippen molar-refractivity contribution in [1.29, 1.82) is 0 Å². The van der Waals surface area contributed by atoms with Crippen molar-refractivity contribution in [3.63, 3.8) is 0 Å². The average molecular weight is 535 g/mol. The summed E-state index contributed by atoms with van der Waals surface area (Å²) in [5.74, 6) is 1.72. The predicted molar refractivity (Wildman–Crippen MR) is 161 cm³/mol. The van der Waals surface area contributed by atoms with Crippen LogP contribution in [-0.4, -0.2) is 29.9 Å². The number of phenols is 1. The molecule has 3 rings (SSSR count). The van der Waals surface area contributed by atoms with Crippen LogP contribution in [0.5, 0.6) is 17.2 Å². The summed E-state index contributed by atoms with van der Waals surface area (Å²) in [5, 5.41) is 17.8. The van der Waals surface area contributed by atoms with Gasteiger partial charge in [0, 0.05) is 13.0 Å².